The zero-order valence-corrected chi connectivity index (χ0v) is 7.99. The van der Waals surface area contributed by atoms with E-state index in [9.17, 15) is 0 Å². The Bertz CT molecular complexity index is 319. The van der Waals surface area contributed by atoms with Crippen molar-refractivity contribution < 1.29 is 0 Å². The number of hydrogen-bond donors (Lipinski definition) is 1. The number of nitrogens with one attached hydrogen (secondary N) is 1. The lowest BCUT2D eigenvalue weighted by Gasteiger charge is -2.25. The lowest BCUT2D eigenvalue weighted by Crippen LogP contribution is -2.38. The molecule has 0 bridgehead atoms. The van der Waals surface area contributed by atoms with Crippen molar-refractivity contribution in [2.45, 2.75) is 19.9 Å². The summed E-state index contributed by atoms with van der Waals surface area (Å²) >= 11 is 0. The van der Waals surface area contributed by atoms with E-state index in [0.29, 0.717) is 5.92 Å². The number of aliphatic imine (C=N–C) groups is 1. The summed E-state index contributed by atoms with van der Waals surface area (Å²) in [5, 5.41) is 3.45. The van der Waals surface area contributed by atoms with Crippen molar-refractivity contribution in [2.24, 2.45) is 10.9 Å². The van der Waals surface area contributed by atoms with E-state index in [4.69, 9.17) is 0 Å². The van der Waals surface area contributed by atoms with Gasteiger partial charge in [-0.25, -0.2) is 0 Å². The monoisotopic (exact) mass is 174 g/mol. The molecule has 0 amide bonds. The van der Waals surface area contributed by atoms with Crippen LogP contribution in [0.2, 0.25) is 0 Å². The molecule has 1 aliphatic carbocycles. The standard InChI is InChI=1S/C11H14N2/c1-8(2)11-7-12-9-5-3-4-6-10(9)13-11/h3-8,10,13H,1-2H3. The maximum atomic E-state index is 4.41. The average molecular weight is 174 g/mol. The van der Waals surface area contributed by atoms with Crippen LogP contribution < -0.4 is 5.32 Å². The van der Waals surface area contributed by atoms with Gasteiger partial charge in [-0.05, 0) is 12.0 Å². The van der Waals surface area contributed by atoms with E-state index >= 15 is 0 Å². The lowest BCUT2D eigenvalue weighted by molar-refractivity contribution is 0.643. The normalized spacial score (nSPS) is 25.0. The minimum absolute atomic E-state index is 0.285. The van der Waals surface area contributed by atoms with Gasteiger partial charge in [0.2, 0.25) is 0 Å². The van der Waals surface area contributed by atoms with Gasteiger partial charge >= 0.3 is 0 Å². The molecular weight excluding hydrogens is 160 g/mol. The Hall–Kier alpha value is -1.31. The minimum atomic E-state index is 0.285. The molecule has 1 N–H and O–H groups in total. The Morgan fingerprint density at radius 1 is 1.38 bits per heavy atom. The second-order valence-corrected chi connectivity index (χ2v) is 3.66. The maximum Gasteiger partial charge on any atom is 0.0870 e. The van der Waals surface area contributed by atoms with Crippen LogP contribution in [-0.4, -0.2) is 11.8 Å². The number of allylic oxidation sites excluding steroid dienone is 3. The van der Waals surface area contributed by atoms with Gasteiger partial charge in [-0.2, -0.15) is 0 Å². The molecule has 13 heavy (non-hydrogen) atoms. The minimum Gasteiger partial charge on any atom is -0.375 e. The largest absolute Gasteiger partial charge is 0.375 e. The molecule has 0 fully saturated rings. The predicted molar refractivity (Wildman–Crippen MR) is 55.6 cm³/mol. The lowest BCUT2D eigenvalue weighted by atomic mass is 10.0. The van der Waals surface area contributed by atoms with E-state index in [0.717, 1.165) is 5.71 Å². The molecular formula is C11H14N2. The highest BCUT2D eigenvalue weighted by Gasteiger charge is 2.18. The molecule has 2 aliphatic rings. The van der Waals surface area contributed by atoms with Crippen LogP contribution in [0.1, 0.15) is 13.8 Å². The molecule has 1 heterocycles. The Labute approximate surface area is 78.8 Å². The summed E-state index contributed by atoms with van der Waals surface area (Å²) in [5.41, 5.74) is 2.32. The molecule has 2 nitrogen and oxygen atoms in total. The van der Waals surface area contributed by atoms with Crippen molar-refractivity contribution in [3.05, 3.63) is 36.2 Å². The highest BCUT2D eigenvalue weighted by atomic mass is 15.0. The van der Waals surface area contributed by atoms with Gasteiger partial charge in [0, 0.05) is 11.9 Å². The van der Waals surface area contributed by atoms with Crippen LogP contribution in [0.15, 0.2) is 41.2 Å². The van der Waals surface area contributed by atoms with Crippen molar-refractivity contribution in [1.82, 2.24) is 5.32 Å². The summed E-state index contributed by atoms with van der Waals surface area (Å²) in [6, 6.07) is 0.285. The Morgan fingerprint density at radius 3 is 3.00 bits per heavy atom. The number of nitrogens with zero attached hydrogens (tertiary/aromatic N) is 1. The maximum absolute atomic E-state index is 4.41. The van der Waals surface area contributed by atoms with Gasteiger partial charge in [0.25, 0.3) is 0 Å². The fraction of sp³-hybridized carbons (Fsp3) is 0.364. The molecule has 0 saturated heterocycles. The van der Waals surface area contributed by atoms with Crippen molar-refractivity contribution in [2.75, 3.05) is 0 Å². The average Bonchev–Trinajstić information content (AvgIpc) is 2.17. The summed E-state index contributed by atoms with van der Waals surface area (Å²) in [5.74, 6) is 0.518. The third kappa shape index (κ3) is 1.57. The van der Waals surface area contributed by atoms with E-state index in [2.05, 4.69) is 36.3 Å². The molecule has 68 valence electrons. The van der Waals surface area contributed by atoms with Crippen molar-refractivity contribution in [3.8, 4) is 0 Å². The zero-order chi connectivity index (χ0) is 9.26. The topological polar surface area (TPSA) is 24.4 Å². The van der Waals surface area contributed by atoms with Crippen LogP contribution in [0.3, 0.4) is 0 Å². The van der Waals surface area contributed by atoms with Gasteiger partial charge in [-0.3, -0.25) is 4.99 Å². The molecule has 1 unspecified atom stereocenters. The molecule has 1 atom stereocenters. The molecule has 1 aliphatic heterocycles. The number of fused-ring (bicyclic) bond motifs is 1. The fourth-order valence-electron chi connectivity index (χ4n) is 1.45. The van der Waals surface area contributed by atoms with Gasteiger partial charge in [0.15, 0.2) is 0 Å². The van der Waals surface area contributed by atoms with Crippen LogP contribution in [0.25, 0.3) is 0 Å². The first-order chi connectivity index (χ1) is 6.27. The number of rotatable bonds is 1. The van der Waals surface area contributed by atoms with Crippen molar-refractivity contribution >= 4 is 5.71 Å². The molecule has 0 saturated carbocycles. The second kappa shape index (κ2) is 3.21. The molecule has 0 aromatic carbocycles. The van der Waals surface area contributed by atoms with Crippen LogP contribution in [0, 0.1) is 5.92 Å². The first kappa shape index (κ1) is 8.30. The quantitative estimate of drug-likeness (QED) is 0.646. The van der Waals surface area contributed by atoms with Crippen LogP contribution in [-0.2, 0) is 0 Å². The highest BCUT2D eigenvalue weighted by molar-refractivity contribution is 6.02. The predicted octanol–water partition coefficient (Wildman–Crippen LogP) is 2.02. The first-order valence-corrected chi connectivity index (χ1v) is 4.66. The van der Waals surface area contributed by atoms with E-state index in [-0.39, 0.29) is 6.04 Å². The zero-order valence-electron chi connectivity index (χ0n) is 7.99. The molecule has 0 aromatic heterocycles. The summed E-state index contributed by atoms with van der Waals surface area (Å²) in [7, 11) is 0. The molecule has 2 heteroatoms. The van der Waals surface area contributed by atoms with Crippen LogP contribution >= 0.6 is 0 Å². The Balaban J connectivity index is 2.24. The van der Waals surface area contributed by atoms with E-state index < -0.39 is 0 Å². The molecule has 0 aromatic rings. The summed E-state index contributed by atoms with van der Waals surface area (Å²) in [6.45, 7) is 4.34. The second-order valence-electron chi connectivity index (χ2n) is 3.66. The van der Waals surface area contributed by atoms with Crippen LogP contribution in [0.4, 0.5) is 0 Å². The van der Waals surface area contributed by atoms with Crippen molar-refractivity contribution in [1.29, 1.82) is 0 Å². The van der Waals surface area contributed by atoms with Gasteiger partial charge in [0.05, 0.1) is 11.8 Å². The number of hydrogen-bond acceptors (Lipinski definition) is 2. The highest BCUT2D eigenvalue weighted by Crippen LogP contribution is 2.14. The summed E-state index contributed by atoms with van der Waals surface area (Å²) in [6.07, 6.45) is 10.2. The SMILES string of the molecule is CC(C)C1=CN=C2C=CC=CC2N1. The van der Waals surface area contributed by atoms with Gasteiger partial charge < -0.3 is 5.32 Å². The Morgan fingerprint density at radius 2 is 2.23 bits per heavy atom. The van der Waals surface area contributed by atoms with Crippen molar-refractivity contribution in [3.63, 3.8) is 0 Å². The smallest absolute Gasteiger partial charge is 0.0870 e. The summed E-state index contributed by atoms with van der Waals surface area (Å²) < 4.78 is 0. The van der Waals surface area contributed by atoms with E-state index in [1.165, 1.54) is 5.70 Å². The van der Waals surface area contributed by atoms with E-state index in [1.807, 2.05) is 18.4 Å². The van der Waals surface area contributed by atoms with E-state index in [1.54, 1.807) is 0 Å². The third-order valence-corrected chi connectivity index (χ3v) is 2.30. The van der Waals surface area contributed by atoms with Crippen LogP contribution in [0.5, 0.6) is 0 Å². The fourth-order valence-corrected chi connectivity index (χ4v) is 1.45. The summed E-state index contributed by atoms with van der Waals surface area (Å²) in [4.78, 5) is 4.41. The molecule has 0 spiro atoms. The molecule has 2 rings (SSSR count). The molecule has 0 radical (unpaired) electrons. The van der Waals surface area contributed by atoms with Gasteiger partial charge in [0.1, 0.15) is 0 Å². The van der Waals surface area contributed by atoms with Gasteiger partial charge in [-0.15, -0.1) is 0 Å². The Kier molecular flexibility index (Phi) is 2.05. The van der Waals surface area contributed by atoms with Gasteiger partial charge in [-0.1, -0.05) is 32.1 Å². The third-order valence-electron chi connectivity index (χ3n) is 2.30. The first-order valence-electron chi connectivity index (χ1n) is 4.66.